The number of benzene rings is 2. The van der Waals surface area contributed by atoms with Crippen LogP contribution in [-0.4, -0.2) is 37.0 Å². The van der Waals surface area contributed by atoms with E-state index in [0.29, 0.717) is 17.0 Å². The molecule has 0 bridgehead atoms. The molecule has 1 saturated heterocycles. The molecule has 1 aliphatic heterocycles. The van der Waals surface area contributed by atoms with Crippen molar-refractivity contribution < 1.29 is 9.53 Å². The first-order valence-electron chi connectivity index (χ1n) is 8.96. The van der Waals surface area contributed by atoms with Crippen LogP contribution in [-0.2, 0) is 11.2 Å². The molecule has 1 aliphatic rings. The summed E-state index contributed by atoms with van der Waals surface area (Å²) in [4.78, 5) is 14.5. The highest BCUT2D eigenvalue weighted by molar-refractivity contribution is 6.32. The van der Waals surface area contributed by atoms with Crippen molar-refractivity contribution in [1.82, 2.24) is 4.90 Å². The van der Waals surface area contributed by atoms with Gasteiger partial charge in [-0.2, -0.15) is 5.26 Å². The monoisotopic (exact) mass is 383 g/mol. The van der Waals surface area contributed by atoms with Gasteiger partial charge in [-0.05, 0) is 37.1 Å². The third-order valence-corrected chi connectivity index (χ3v) is 5.15. The van der Waals surface area contributed by atoms with E-state index in [1.54, 1.807) is 19.2 Å². The lowest BCUT2D eigenvalue weighted by Gasteiger charge is -2.33. The molecular weight excluding hydrogens is 362 g/mol. The second kappa shape index (κ2) is 8.79. The summed E-state index contributed by atoms with van der Waals surface area (Å²) in [7, 11) is 1.62. The lowest BCUT2D eigenvalue weighted by molar-refractivity contribution is -0.131. The third kappa shape index (κ3) is 4.72. The summed E-state index contributed by atoms with van der Waals surface area (Å²) in [6, 6.07) is 15.3. The fourth-order valence-corrected chi connectivity index (χ4v) is 3.55. The molecule has 0 spiro atoms. The average Bonchev–Trinajstić information content (AvgIpc) is 2.69. The Hall–Kier alpha value is -2.71. The molecule has 0 aliphatic carbocycles. The first-order chi connectivity index (χ1) is 13.1. The molecule has 27 heavy (non-hydrogen) atoms. The van der Waals surface area contributed by atoms with Crippen LogP contribution in [0.1, 0.15) is 24.0 Å². The maximum absolute atomic E-state index is 12.6. The summed E-state index contributed by atoms with van der Waals surface area (Å²) in [5.41, 5.74) is 2.29. The summed E-state index contributed by atoms with van der Waals surface area (Å²) in [5.74, 6) is 0.875. The zero-order valence-electron chi connectivity index (χ0n) is 15.2. The van der Waals surface area contributed by atoms with Crippen LogP contribution in [0.5, 0.6) is 5.75 Å². The van der Waals surface area contributed by atoms with E-state index in [0.717, 1.165) is 42.9 Å². The van der Waals surface area contributed by atoms with Crippen LogP contribution in [0.2, 0.25) is 5.02 Å². The molecule has 2 aromatic rings. The number of methoxy groups -OCH3 is 1. The first kappa shape index (κ1) is 19.1. The van der Waals surface area contributed by atoms with Gasteiger partial charge in [0.25, 0.3) is 0 Å². The summed E-state index contributed by atoms with van der Waals surface area (Å²) < 4.78 is 5.33. The van der Waals surface area contributed by atoms with Gasteiger partial charge in [-0.25, -0.2) is 0 Å². The van der Waals surface area contributed by atoms with Gasteiger partial charge in [0.15, 0.2) is 0 Å². The number of rotatable bonds is 5. The van der Waals surface area contributed by atoms with Crippen LogP contribution < -0.4 is 10.1 Å². The molecule has 3 rings (SSSR count). The van der Waals surface area contributed by atoms with Crippen LogP contribution in [0, 0.1) is 11.3 Å². The van der Waals surface area contributed by atoms with Crippen molar-refractivity contribution in [3.63, 3.8) is 0 Å². The van der Waals surface area contributed by atoms with Gasteiger partial charge in [0.2, 0.25) is 5.91 Å². The summed E-state index contributed by atoms with van der Waals surface area (Å²) in [6.45, 7) is 1.44. The molecular formula is C21H22ClN3O2. The van der Waals surface area contributed by atoms with Crippen LogP contribution in [0.4, 0.5) is 5.69 Å². The van der Waals surface area contributed by atoms with E-state index < -0.39 is 0 Å². The van der Waals surface area contributed by atoms with Crippen LogP contribution in [0.3, 0.4) is 0 Å². The number of piperidine rings is 1. The quantitative estimate of drug-likeness (QED) is 0.851. The Bertz CT molecular complexity index is 855. The minimum Gasteiger partial charge on any atom is -0.496 e. The second-order valence-corrected chi connectivity index (χ2v) is 7.00. The Morgan fingerprint density at radius 2 is 2.04 bits per heavy atom. The van der Waals surface area contributed by atoms with E-state index in [-0.39, 0.29) is 11.9 Å². The van der Waals surface area contributed by atoms with Gasteiger partial charge in [-0.3, -0.25) is 4.79 Å². The zero-order valence-corrected chi connectivity index (χ0v) is 16.0. The van der Waals surface area contributed by atoms with Crippen LogP contribution in [0.15, 0.2) is 42.5 Å². The third-order valence-electron chi connectivity index (χ3n) is 4.84. The molecule has 1 amide bonds. The van der Waals surface area contributed by atoms with Crippen molar-refractivity contribution in [2.45, 2.75) is 25.3 Å². The number of ether oxygens (including phenoxy) is 1. The smallest absolute Gasteiger partial charge is 0.227 e. The predicted molar refractivity (Wildman–Crippen MR) is 106 cm³/mol. The number of halogens is 1. The molecule has 0 radical (unpaired) electrons. The highest BCUT2D eigenvalue weighted by atomic mass is 35.5. The highest BCUT2D eigenvalue weighted by Gasteiger charge is 2.23. The van der Waals surface area contributed by atoms with Crippen molar-refractivity contribution in [2.75, 3.05) is 25.5 Å². The maximum atomic E-state index is 12.6. The number of hydrogen-bond acceptors (Lipinski definition) is 4. The number of anilines is 1. The molecule has 0 saturated carbocycles. The van der Waals surface area contributed by atoms with Crippen LogP contribution in [0.25, 0.3) is 0 Å². The van der Waals surface area contributed by atoms with Crippen molar-refractivity contribution in [3.8, 4) is 11.8 Å². The Balaban J connectivity index is 1.53. The molecule has 140 valence electrons. The van der Waals surface area contributed by atoms with E-state index in [9.17, 15) is 4.79 Å². The lowest BCUT2D eigenvalue weighted by atomic mass is 10.0. The van der Waals surface area contributed by atoms with Crippen molar-refractivity contribution in [2.24, 2.45) is 0 Å². The van der Waals surface area contributed by atoms with E-state index in [2.05, 4.69) is 11.4 Å². The van der Waals surface area contributed by atoms with Gasteiger partial charge < -0.3 is 15.0 Å². The average molecular weight is 384 g/mol. The summed E-state index contributed by atoms with van der Waals surface area (Å²) >= 11 is 6.09. The Morgan fingerprint density at radius 1 is 1.30 bits per heavy atom. The van der Waals surface area contributed by atoms with Crippen molar-refractivity contribution in [3.05, 3.63) is 58.6 Å². The number of amides is 1. The van der Waals surface area contributed by atoms with E-state index in [1.807, 2.05) is 35.2 Å². The first-order valence-corrected chi connectivity index (χ1v) is 9.34. The minimum atomic E-state index is 0.124. The predicted octanol–water partition coefficient (Wildman–Crippen LogP) is 3.87. The highest BCUT2D eigenvalue weighted by Crippen LogP contribution is 2.24. The van der Waals surface area contributed by atoms with E-state index in [4.69, 9.17) is 21.6 Å². The van der Waals surface area contributed by atoms with Gasteiger partial charge in [0.05, 0.1) is 24.1 Å². The topological polar surface area (TPSA) is 65.4 Å². The molecule has 1 N–H and O–H groups in total. The van der Waals surface area contributed by atoms with Crippen LogP contribution >= 0.6 is 11.6 Å². The molecule has 0 atom stereocenters. The number of nitrogens with one attached hydrogen (secondary N) is 1. The number of carbonyl (C=O) groups excluding carboxylic acids is 1. The maximum Gasteiger partial charge on any atom is 0.227 e. The number of likely N-dealkylation sites (tertiary alicyclic amines) is 1. The van der Waals surface area contributed by atoms with Gasteiger partial charge >= 0.3 is 0 Å². The lowest BCUT2D eigenvalue weighted by Crippen LogP contribution is -2.43. The number of nitriles is 1. The fraction of sp³-hybridized carbons (Fsp3) is 0.333. The Kier molecular flexibility index (Phi) is 6.20. The van der Waals surface area contributed by atoms with Crippen molar-refractivity contribution in [1.29, 1.82) is 5.26 Å². The number of carbonyl (C=O) groups is 1. The normalized spacial score (nSPS) is 14.5. The molecule has 5 nitrogen and oxygen atoms in total. The molecule has 1 fully saturated rings. The SMILES string of the molecule is COc1ccccc1CC(=O)N1CCC(Nc2ccc(C#N)c(Cl)c2)CC1. The van der Waals surface area contributed by atoms with Gasteiger partial charge in [0, 0.05) is 30.4 Å². The Labute approximate surface area is 164 Å². The zero-order chi connectivity index (χ0) is 19.2. The molecule has 6 heteroatoms. The molecule has 0 unspecified atom stereocenters. The van der Waals surface area contributed by atoms with Gasteiger partial charge in [-0.1, -0.05) is 29.8 Å². The Morgan fingerprint density at radius 3 is 2.70 bits per heavy atom. The number of hydrogen-bond donors (Lipinski definition) is 1. The van der Waals surface area contributed by atoms with E-state index >= 15 is 0 Å². The number of para-hydroxylation sites is 1. The molecule has 1 heterocycles. The second-order valence-electron chi connectivity index (χ2n) is 6.59. The largest absolute Gasteiger partial charge is 0.496 e. The summed E-state index contributed by atoms with van der Waals surface area (Å²) in [5, 5.41) is 12.8. The molecule has 2 aromatic carbocycles. The standard InChI is InChI=1S/C21H22ClN3O2/c1-27-20-5-3-2-4-15(20)12-21(26)25-10-8-17(9-11-25)24-18-7-6-16(14-23)19(22)13-18/h2-7,13,17,24H,8-12H2,1H3. The fourth-order valence-electron chi connectivity index (χ4n) is 3.33. The van der Waals surface area contributed by atoms with Gasteiger partial charge in [0.1, 0.15) is 11.8 Å². The van der Waals surface area contributed by atoms with E-state index in [1.165, 1.54) is 0 Å². The van der Waals surface area contributed by atoms with Gasteiger partial charge in [-0.15, -0.1) is 0 Å². The molecule has 0 aromatic heterocycles. The minimum absolute atomic E-state index is 0.124. The summed E-state index contributed by atoms with van der Waals surface area (Å²) in [6.07, 6.45) is 2.10. The number of nitrogens with zero attached hydrogens (tertiary/aromatic N) is 2. The van der Waals surface area contributed by atoms with Crippen molar-refractivity contribution >= 4 is 23.2 Å².